The van der Waals surface area contributed by atoms with Crippen LogP contribution in [0, 0.1) is 0 Å². The normalized spacial score (nSPS) is 11.3. The quantitative estimate of drug-likeness (QED) is 0.885. The Hall–Kier alpha value is -2.43. The van der Waals surface area contributed by atoms with E-state index in [1.165, 1.54) is 0 Å². The van der Waals surface area contributed by atoms with Crippen molar-refractivity contribution in [3.8, 4) is 0 Å². The van der Waals surface area contributed by atoms with Crippen molar-refractivity contribution >= 4 is 5.97 Å². The number of aromatic nitrogens is 2. The second-order valence-electron chi connectivity index (χ2n) is 4.93. The molecule has 110 valence electrons. The minimum atomic E-state index is -1.27. The van der Waals surface area contributed by atoms with Crippen LogP contribution >= 0.6 is 0 Å². The van der Waals surface area contributed by atoms with E-state index in [1.54, 1.807) is 0 Å². The van der Waals surface area contributed by atoms with E-state index in [2.05, 4.69) is 9.97 Å². The highest BCUT2D eigenvalue weighted by molar-refractivity contribution is 5.86. The Balaban J connectivity index is 2.62. The molecule has 2 aromatic rings. The van der Waals surface area contributed by atoms with Crippen molar-refractivity contribution in [2.45, 2.75) is 32.1 Å². The van der Waals surface area contributed by atoms with Crippen molar-refractivity contribution in [3.63, 3.8) is 0 Å². The number of nitrogens with zero attached hydrogens (tertiary/aromatic N) is 1. The Kier molecular flexibility index (Phi) is 4.21. The van der Waals surface area contributed by atoms with Gasteiger partial charge in [0.2, 0.25) is 0 Å². The third-order valence-corrected chi connectivity index (χ3v) is 4.02. The number of carboxylic acid groups (broad SMARTS) is 1. The molecule has 0 unspecified atom stereocenters. The van der Waals surface area contributed by atoms with E-state index in [4.69, 9.17) is 5.11 Å². The monoisotopic (exact) mass is 286 g/mol. The molecule has 1 aromatic heterocycles. The highest BCUT2D eigenvalue weighted by Gasteiger charge is 2.33. The van der Waals surface area contributed by atoms with Crippen molar-refractivity contribution < 1.29 is 9.90 Å². The van der Waals surface area contributed by atoms with Crippen molar-refractivity contribution in [2.75, 3.05) is 0 Å². The van der Waals surface area contributed by atoms with Gasteiger partial charge in [0.15, 0.2) is 0 Å². The highest BCUT2D eigenvalue weighted by Crippen LogP contribution is 2.36. The topological polar surface area (TPSA) is 83.0 Å². The lowest BCUT2D eigenvalue weighted by Gasteiger charge is -2.31. The van der Waals surface area contributed by atoms with Crippen LogP contribution in [0.25, 0.3) is 0 Å². The SMILES string of the molecule is CCC(CC)(c1ccccc1)c1ncc(C(=O)O)c(=O)[nH]1. The molecule has 0 radical (unpaired) electrons. The average Bonchev–Trinajstić information content (AvgIpc) is 2.50. The van der Waals surface area contributed by atoms with Crippen LogP contribution < -0.4 is 5.56 Å². The van der Waals surface area contributed by atoms with Gasteiger partial charge in [0.1, 0.15) is 11.4 Å². The van der Waals surface area contributed by atoms with E-state index >= 15 is 0 Å². The third kappa shape index (κ3) is 2.59. The third-order valence-electron chi connectivity index (χ3n) is 4.02. The molecule has 1 aromatic carbocycles. The van der Waals surface area contributed by atoms with Crippen LogP contribution in [0.2, 0.25) is 0 Å². The molecule has 0 aliphatic carbocycles. The van der Waals surface area contributed by atoms with Gasteiger partial charge in [-0.25, -0.2) is 9.78 Å². The molecule has 5 heteroatoms. The van der Waals surface area contributed by atoms with E-state index in [0.717, 1.165) is 24.6 Å². The van der Waals surface area contributed by atoms with Gasteiger partial charge in [-0.3, -0.25) is 4.79 Å². The number of aromatic amines is 1. The van der Waals surface area contributed by atoms with Gasteiger partial charge in [0, 0.05) is 6.20 Å². The molecule has 0 fully saturated rings. The number of carboxylic acids is 1. The molecule has 0 bridgehead atoms. The van der Waals surface area contributed by atoms with E-state index in [-0.39, 0.29) is 5.56 Å². The summed E-state index contributed by atoms with van der Waals surface area (Å²) in [6.07, 6.45) is 2.64. The maximum Gasteiger partial charge on any atom is 0.342 e. The van der Waals surface area contributed by atoms with Crippen LogP contribution in [0.1, 0.15) is 48.4 Å². The summed E-state index contributed by atoms with van der Waals surface area (Å²) in [7, 11) is 0. The fraction of sp³-hybridized carbons (Fsp3) is 0.312. The molecule has 0 saturated heterocycles. The number of carbonyl (C=O) groups is 1. The van der Waals surface area contributed by atoms with Crippen molar-refractivity contribution in [3.05, 3.63) is 63.8 Å². The molecule has 0 spiro atoms. The van der Waals surface area contributed by atoms with E-state index in [9.17, 15) is 9.59 Å². The molecule has 0 aliphatic rings. The van der Waals surface area contributed by atoms with Gasteiger partial charge >= 0.3 is 5.97 Å². The van der Waals surface area contributed by atoms with Crippen LogP contribution in [-0.2, 0) is 5.41 Å². The van der Waals surface area contributed by atoms with Crippen molar-refractivity contribution in [2.24, 2.45) is 0 Å². The van der Waals surface area contributed by atoms with Gasteiger partial charge in [0.25, 0.3) is 5.56 Å². The maximum atomic E-state index is 11.9. The Labute approximate surface area is 122 Å². The number of hydrogen-bond acceptors (Lipinski definition) is 3. The lowest BCUT2D eigenvalue weighted by Crippen LogP contribution is -2.32. The molecule has 0 saturated carbocycles. The van der Waals surface area contributed by atoms with E-state index < -0.39 is 16.9 Å². The summed E-state index contributed by atoms with van der Waals surface area (Å²) in [5, 5.41) is 8.93. The van der Waals surface area contributed by atoms with Crippen LogP contribution in [-0.4, -0.2) is 21.0 Å². The zero-order chi connectivity index (χ0) is 15.5. The summed E-state index contributed by atoms with van der Waals surface area (Å²) >= 11 is 0. The Morgan fingerprint density at radius 1 is 1.24 bits per heavy atom. The van der Waals surface area contributed by atoms with E-state index in [1.807, 2.05) is 44.2 Å². The molecule has 2 rings (SSSR count). The standard InChI is InChI=1S/C16H18N2O3/c1-3-16(4-2,11-8-6-5-7-9-11)15-17-10-12(14(20)21)13(19)18-15/h5-10H,3-4H2,1-2H3,(H,20,21)(H,17,18,19). The minimum Gasteiger partial charge on any atom is -0.477 e. The second kappa shape index (κ2) is 5.91. The largest absolute Gasteiger partial charge is 0.477 e. The zero-order valence-corrected chi connectivity index (χ0v) is 12.1. The first-order valence-corrected chi connectivity index (χ1v) is 6.93. The van der Waals surface area contributed by atoms with Gasteiger partial charge < -0.3 is 10.1 Å². The highest BCUT2D eigenvalue weighted by atomic mass is 16.4. The molecule has 21 heavy (non-hydrogen) atoms. The summed E-state index contributed by atoms with van der Waals surface area (Å²) in [6.45, 7) is 4.06. The number of nitrogens with one attached hydrogen (secondary N) is 1. The molecule has 2 N–H and O–H groups in total. The van der Waals surface area contributed by atoms with Gasteiger partial charge in [-0.1, -0.05) is 44.2 Å². The number of benzene rings is 1. The molecule has 0 aliphatic heterocycles. The number of H-pyrrole nitrogens is 1. The first kappa shape index (κ1) is 15.0. The summed E-state index contributed by atoms with van der Waals surface area (Å²) in [6, 6.07) is 9.82. The van der Waals surface area contributed by atoms with Crippen LogP contribution in [0.5, 0.6) is 0 Å². The smallest absolute Gasteiger partial charge is 0.342 e. The second-order valence-corrected chi connectivity index (χ2v) is 4.93. The van der Waals surface area contributed by atoms with Gasteiger partial charge in [0.05, 0.1) is 5.41 Å². The van der Waals surface area contributed by atoms with Crippen LogP contribution in [0.3, 0.4) is 0 Å². The van der Waals surface area contributed by atoms with Gasteiger partial charge in [-0.2, -0.15) is 0 Å². The Morgan fingerprint density at radius 2 is 1.86 bits per heavy atom. The summed E-state index contributed by atoms with van der Waals surface area (Å²) in [4.78, 5) is 29.7. The molecule has 0 amide bonds. The summed E-state index contributed by atoms with van der Waals surface area (Å²) < 4.78 is 0. The number of aromatic carboxylic acids is 1. The molecule has 5 nitrogen and oxygen atoms in total. The average molecular weight is 286 g/mol. The van der Waals surface area contributed by atoms with Crippen LogP contribution in [0.4, 0.5) is 0 Å². The predicted octanol–water partition coefficient (Wildman–Crippen LogP) is 2.57. The zero-order valence-electron chi connectivity index (χ0n) is 12.1. The van der Waals surface area contributed by atoms with Crippen molar-refractivity contribution in [1.82, 2.24) is 9.97 Å². The predicted molar refractivity (Wildman–Crippen MR) is 79.6 cm³/mol. The lowest BCUT2D eigenvalue weighted by molar-refractivity contribution is 0.0694. The Morgan fingerprint density at radius 3 is 2.33 bits per heavy atom. The summed E-state index contributed by atoms with van der Waals surface area (Å²) in [5.41, 5.74) is -0.318. The first-order valence-electron chi connectivity index (χ1n) is 6.93. The number of rotatable bonds is 5. The molecular weight excluding hydrogens is 268 g/mol. The molecule has 0 atom stereocenters. The minimum absolute atomic E-state index is 0.340. The summed E-state index contributed by atoms with van der Waals surface area (Å²) in [5.74, 6) is -0.762. The van der Waals surface area contributed by atoms with Crippen LogP contribution in [0.15, 0.2) is 41.3 Å². The number of hydrogen-bond donors (Lipinski definition) is 2. The maximum absolute atomic E-state index is 11.9. The fourth-order valence-corrected chi connectivity index (χ4v) is 2.68. The molecule has 1 heterocycles. The fourth-order valence-electron chi connectivity index (χ4n) is 2.68. The van der Waals surface area contributed by atoms with Gasteiger partial charge in [-0.15, -0.1) is 0 Å². The molecular formula is C16H18N2O3. The lowest BCUT2D eigenvalue weighted by atomic mass is 9.75. The van der Waals surface area contributed by atoms with E-state index in [0.29, 0.717) is 5.82 Å². The van der Waals surface area contributed by atoms with Gasteiger partial charge in [-0.05, 0) is 18.4 Å². The first-order chi connectivity index (χ1) is 10.0. The Bertz CT molecular complexity index is 688. The van der Waals surface area contributed by atoms with Crippen molar-refractivity contribution in [1.29, 1.82) is 0 Å².